The van der Waals surface area contributed by atoms with Crippen LogP contribution in [0.1, 0.15) is 36.3 Å². The molecule has 1 aliphatic carbocycles. The van der Waals surface area contributed by atoms with Crippen LogP contribution in [0.2, 0.25) is 0 Å². The Morgan fingerprint density at radius 2 is 1.96 bits per heavy atom. The number of alkyl halides is 3. The summed E-state index contributed by atoms with van der Waals surface area (Å²) in [6.07, 6.45) is 0.726. The van der Waals surface area contributed by atoms with Gasteiger partial charge in [-0.3, -0.25) is 9.48 Å². The van der Waals surface area contributed by atoms with Gasteiger partial charge >= 0.3 is 6.18 Å². The number of hydrogen-bond acceptors (Lipinski definition) is 3. The minimum absolute atomic E-state index is 0.162. The molecule has 1 saturated carbocycles. The Kier molecular flexibility index (Phi) is 4.46. The number of benzene rings is 1. The molecule has 8 heteroatoms. The van der Waals surface area contributed by atoms with Crippen LogP contribution in [0, 0.1) is 0 Å². The molecule has 0 spiro atoms. The predicted molar refractivity (Wildman–Crippen MR) is 93.0 cm³/mol. The second-order valence-corrected chi connectivity index (χ2v) is 7.24. The summed E-state index contributed by atoms with van der Waals surface area (Å²) in [6, 6.07) is 7.11. The second kappa shape index (κ2) is 6.67. The van der Waals surface area contributed by atoms with E-state index < -0.39 is 17.3 Å². The van der Waals surface area contributed by atoms with E-state index in [0.29, 0.717) is 32.4 Å². The van der Waals surface area contributed by atoms with Gasteiger partial charge < -0.3 is 10.6 Å². The number of carbonyl (C=O) groups excluding carboxylic acids is 1. The van der Waals surface area contributed by atoms with E-state index in [-0.39, 0.29) is 23.4 Å². The lowest BCUT2D eigenvalue weighted by Crippen LogP contribution is -2.55. The third-order valence-electron chi connectivity index (χ3n) is 5.57. The third kappa shape index (κ3) is 3.34. The van der Waals surface area contributed by atoms with Crippen molar-refractivity contribution in [1.29, 1.82) is 0 Å². The van der Waals surface area contributed by atoms with Gasteiger partial charge in [0.1, 0.15) is 5.54 Å². The maximum atomic E-state index is 13.3. The van der Waals surface area contributed by atoms with E-state index in [0.717, 1.165) is 6.07 Å². The first kappa shape index (κ1) is 18.0. The van der Waals surface area contributed by atoms with Gasteiger partial charge in [0.05, 0.1) is 5.56 Å². The fraction of sp³-hybridized carbons (Fsp3) is 0.474. The first-order valence-electron chi connectivity index (χ1n) is 9.10. The molecule has 1 aromatic heterocycles. The SMILES string of the molecule is O=C(NC1CC1c1ccccc1C(F)(F)F)C1(n2cccn2)CCNCC1. The molecule has 2 heterocycles. The Hall–Kier alpha value is -2.35. The summed E-state index contributed by atoms with van der Waals surface area (Å²) in [5.74, 6) is -0.465. The topological polar surface area (TPSA) is 59.0 Å². The van der Waals surface area contributed by atoms with Gasteiger partial charge in [-0.05, 0) is 50.0 Å². The zero-order valence-corrected chi connectivity index (χ0v) is 14.7. The molecule has 1 saturated heterocycles. The van der Waals surface area contributed by atoms with Crippen molar-refractivity contribution in [1.82, 2.24) is 20.4 Å². The largest absolute Gasteiger partial charge is 0.416 e. The van der Waals surface area contributed by atoms with Crippen molar-refractivity contribution in [2.75, 3.05) is 13.1 Å². The molecule has 2 aliphatic rings. The summed E-state index contributed by atoms with van der Waals surface area (Å²) in [4.78, 5) is 13.1. The molecule has 1 amide bonds. The standard InChI is InChI=1S/C19H21F3N4O/c20-19(21,22)15-5-2-1-4-13(15)14-12-16(14)25-17(27)18(6-9-23-10-7-18)26-11-3-8-24-26/h1-5,8,11,14,16,23H,6-7,9-10,12H2,(H,25,27). The Morgan fingerprint density at radius 1 is 1.22 bits per heavy atom. The fourth-order valence-corrected chi connectivity index (χ4v) is 4.00. The summed E-state index contributed by atoms with van der Waals surface area (Å²) in [6.45, 7) is 1.39. The quantitative estimate of drug-likeness (QED) is 0.860. The predicted octanol–water partition coefficient (Wildman–Crippen LogP) is 2.65. The van der Waals surface area contributed by atoms with Crippen LogP contribution in [-0.4, -0.2) is 34.8 Å². The van der Waals surface area contributed by atoms with Crippen molar-refractivity contribution in [2.45, 2.75) is 42.9 Å². The van der Waals surface area contributed by atoms with Gasteiger partial charge in [-0.2, -0.15) is 18.3 Å². The van der Waals surface area contributed by atoms with Gasteiger partial charge in [0, 0.05) is 24.4 Å². The number of carbonyl (C=O) groups is 1. The highest BCUT2D eigenvalue weighted by Crippen LogP contribution is 2.46. The van der Waals surface area contributed by atoms with Gasteiger partial charge in [0.15, 0.2) is 0 Å². The molecule has 2 unspecified atom stereocenters. The minimum atomic E-state index is -4.39. The van der Waals surface area contributed by atoms with Crippen LogP contribution in [0.4, 0.5) is 13.2 Å². The van der Waals surface area contributed by atoms with E-state index >= 15 is 0 Å². The highest BCUT2D eigenvalue weighted by molar-refractivity contribution is 5.85. The van der Waals surface area contributed by atoms with Crippen molar-refractivity contribution in [2.24, 2.45) is 0 Å². The van der Waals surface area contributed by atoms with E-state index in [1.807, 2.05) is 0 Å². The molecule has 2 N–H and O–H groups in total. The van der Waals surface area contributed by atoms with Gasteiger partial charge in [-0.1, -0.05) is 18.2 Å². The normalized spacial score (nSPS) is 24.4. The lowest BCUT2D eigenvalue weighted by molar-refractivity contribution is -0.138. The number of nitrogens with zero attached hydrogens (tertiary/aromatic N) is 2. The molecule has 2 fully saturated rings. The molecule has 2 atom stereocenters. The van der Waals surface area contributed by atoms with Crippen LogP contribution in [0.5, 0.6) is 0 Å². The zero-order valence-electron chi connectivity index (χ0n) is 14.7. The Balaban J connectivity index is 1.52. The van der Waals surface area contributed by atoms with E-state index in [2.05, 4.69) is 15.7 Å². The Labute approximate surface area is 154 Å². The first-order chi connectivity index (χ1) is 12.9. The first-order valence-corrected chi connectivity index (χ1v) is 9.10. The number of rotatable bonds is 4. The maximum Gasteiger partial charge on any atom is 0.416 e. The average Bonchev–Trinajstić information content (AvgIpc) is 3.19. The average molecular weight is 378 g/mol. The molecule has 0 bridgehead atoms. The van der Waals surface area contributed by atoms with E-state index in [1.54, 1.807) is 29.2 Å². The monoisotopic (exact) mass is 378 g/mol. The highest BCUT2D eigenvalue weighted by atomic mass is 19.4. The molecular weight excluding hydrogens is 357 g/mol. The number of aromatic nitrogens is 2. The molecule has 1 aliphatic heterocycles. The van der Waals surface area contributed by atoms with Gasteiger partial charge in [-0.15, -0.1) is 0 Å². The molecule has 4 rings (SSSR count). The van der Waals surface area contributed by atoms with Crippen molar-refractivity contribution in [3.05, 3.63) is 53.9 Å². The van der Waals surface area contributed by atoms with E-state index in [9.17, 15) is 18.0 Å². The molecule has 5 nitrogen and oxygen atoms in total. The minimum Gasteiger partial charge on any atom is -0.351 e. The van der Waals surface area contributed by atoms with Crippen LogP contribution in [-0.2, 0) is 16.5 Å². The second-order valence-electron chi connectivity index (χ2n) is 7.24. The summed E-state index contributed by atoms with van der Waals surface area (Å²) in [7, 11) is 0. The Bertz CT molecular complexity index is 813. The van der Waals surface area contributed by atoms with Crippen molar-refractivity contribution >= 4 is 5.91 Å². The van der Waals surface area contributed by atoms with Crippen molar-refractivity contribution < 1.29 is 18.0 Å². The highest BCUT2D eigenvalue weighted by Gasteiger charge is 2.49. The van der Waals surface area contributed by atoms with E-state index in [1.165, 1.54) is 12.1 Å². The molecule has 0 radical (unpaired) electrons. The number of amides is 1. The van der Waals surface area contributed by atoms with Crippen molar-refractivity contribution in [3.63, 3.8) is 0 Å². The molecular formula is C19H21F3N4O. The fourth-order valence-electron chi connectivity index (χ4n) is 4.00. The zero-order chi connectivity index (χ0) is 19.1. The van der Waals surface area contributed by atoms with Crippen LogP contribution < -0.4 is 10.6 Å². The lowest BCUT2D eigenvalue weighted by atomic mass is 9.87. The van der Waals surface area contributed by atoms with Gasteiger partial charge in [-0.25, -0.2) is 0 Å². The number of halogens is 3. The summed E-state index contributed by atoms with van der Waals surface area (Å²) < 4.78 is 41.5. The van der Waals surface area contributed by atoms with Gasteiger partial charge in [0.25, 0.3) is 0 Å². The Morgan fingerprint density at radius 3 is 2.63 bits per heavy atom. The van der Waals surface area contributed by atoms with Crippen molar-refractivity contribution in [3.8, 4) is 0 Å². The number of hydrogen-bond donors (Lipinski definition) is 2. The third-order valence-corrected chi connectivity index (χ3v) is 5.57. The smallest absolute Gasteiger partial charge is 0.351 e. The maximum absolute atomic E-state index is 13.3. The van der Waals surface area contributed by atoms with Crippen LogP contribution in [0.15, 0.2) is 42.7 Å². The number of piperidine rings is 1. The molecule has 1 aromatic carbocycles. The molecule has 2 aromatic rings. The summed E-state index contributed by atoms with van der Waals surface area (Å²) in [5, 5.41) is 10.5. The van der Waals surface area contributed by atoms with Crippen LogP contribution >= 0.6 is 0 Å². The summed E-state index contributed by atoms with van der Waals surface area (Å²) in [5.41, 5.74) is -1.14. The molecule has 144 valence electrons. The van der Waals surface area contributed by atoms with Gasteiger partial charge in [0.2, 0.25) is 5.91 Å². The van der Waals surface area contributed by atoms with Crippen LogP contribution in [0.25, 0.3) is 0 Å². The lowest BCUT2D eigenvalue weighted by Gasteiger charge is -2.36. The van der Waals surface area contributed by atoms with Crippen LogP contribution in [0.3, 0.4) is 0 Å². The number of nitrogens with one attached hydrogen (secondary N) is 2. The summed E-state index contributed by atoms with van der Waals surface area (Å²) >= 11 is 0. The molecule has 27 heavy (non-hydrogen) atoms. The van der Waals surface area contributed by atoms with E-state index in [4.69, 9.17) is 0 Å².